The SMILES string of the molecule is CCC(C)(C)NC(=O)CN1CCCS1(=O)=O. The fraction of sp³-hybridized carbons (Fsp3) is 0.900. The molecule has 0 aliphatic carbocycles. The topological polar surface area (TPSA) is 66.5 Å². The lowest BCUT2D eigenvalue weighted by atomic mass is 10.0. The van der Waals surface area contributed by atoms with Gasteiger partial charge < -0.3 is 5.32 Å². The van der Waals surface area contributed by atoms with Gasteiger partial charge in [-0.15, -0.1) is 0 Å². The first-order valence-corrected chi connectivity index (χ1v) is 7.16. The Bertz CT molecular complexity index is 362. The van der Waals surface area contributed by atoms with Crippen LogP contribution in [0.2, 0.25) is 0 Å². The van der Waals surface area contributed by atoms with E-state index in [1.807, 2.05) is 20.8 Å². The fourth-order valence-corrected chi connectivity index (χ4v) is 3.01. The molecule has 6 heteroatoms. The summed E-state index contributed by atoms with van der Waals surface area (Å²) in [6.07, 6.45) is 1.43. The summed E-state index contributed by atoms with van der Waals surface area (Å²) in [5.74, 6) is -0.0606. The van der Waals surface area contributed by atoms with Gasteiger partial charge in [-0.25, -0.2) is 8.42 Å². The van der Waals surface area contributed by atoms with Crippen LogP contribution in [0.1, 0.15) is 33.6 Å². The van der Waals surface area contributed by atoms with Crippen LogP contribution in [-0.4, -0.2) is 43.0 Å². The maximum Gasteiger partial charge on any atom is 0.235 e. The number of nitrogens with one attached hydrogen (secondary N) is 1. The van der Waals surface area contributed by atoms with Gasteiger partial charge in [-0.05, 0) is 26.7 Å². The van der Waals surface area contributed by atoms with Gasteiger partial charge in [0.15, 0.2) is 0 Å². The number of rotatable bonds is 4. The molecule has 0 atom stereocenters. The molecule has 1 N–H and O–H groups in total. The van der Waals surface area contributed by atoms with E-state index in [9.17, 15) is 13.2 Å². The molecule has 0 aromatic rings. The first-order valence-electron chi connectivity index (χ1n) is 5.56. The third-order valence-corrected chi connectivity index (χ3v) is 4.79. The lowest BCUT2D eigenvalue weighted by Gasteiger charge is -2.25. The van der Waals surface area contributed by atoms with E-state index in [1.165, 1.54) is 4.31 Å². The molecule has 1 amide bonds. The van der Waals surface area contributed by atoms with Crippen LogP contribution in [0.3, 0.4) is 0 Å². The first kappa shape index (κ1) is 13.4. The molecule has 1 rings (SSSR count). The van der Waals surface area contributed by atoms with Crippen LogP contribution in [0.5, 0.6) is 0 Å². The van der Waals surface area contributed by atoms with E-state index in [-0.39, 0.29) is 23.7 Å². The summed E-state index contributed by atoms with van der Waals surface area (Å²) < 4.78 is 24.2. The van der Waals surface area contributed by atoms with Crippen molar-refractivity contribution >= 4 is 15.9 Å². The molecule has 0 bridgehead atoms. The second kappa shape index (κ2) is 4.71. The van der Waals surface area contributed by atoms with Crippen molar-refractivity contribution in [3.8, 4) is 0 Å². The molecule has 1 heterocycles. The first-order chi connectivity index (χ1) is 7.27. The molecular weight excluding hydrogens is 228 g/mol. The molecule has 94 valence electrons. The summed E-state index contributed by atoms with van der Waals surface area (Å²) in [6, 6.07) is 0. The van der Waals surface area contributed by atoms with Gasteiger partial charge in [0.1, 0.15) is 0 Å². The van der Waals surface area contributed by atoms with E-state index < -0.39 is 10.0 Å². The van der Waals surface area contributed by atoms with Crippen molar-refractivity contribution < 1.29 is 13.2 Å². The van der Waals surface area contributed by atoms with Crippen molar-refractivity contribution in [1.29, 1.82) is 0 Å². The quantitative estimate of drug-likeness (QED) is 0.779. The van der Waals surface area contributed by atoms with Crippen LogP contribution in [0, 0.1) is 0 Å². The largest absolute Gasteiger partial charge is 0.350 e. The van der Waals surface area contributed by atoms with Crippen LogP contribution >= 0.6 is 0 Å². The van der Waals surface area contributed by atoms with Crippen molar-refractivity contribution in [3.05, 3.63) is 0 Å². The van der Waals surface area contributed by atoms with Gasteiger partial charge in [0.2, 0.25) is 15.9 Å². The Kier molecular flexibility index (Phi) is 3.96. The molecule has 0 aromatic heterocycles. The Morgan fingerprint density at radius 3 is 2.50 bits per heavy atom. The third kappa shape index (κ3) is 3.45. The molecule has 1 saturated heterocycles. The Morgan fingerprint density at radius 1 is 1.44 bits per heavy atom. The van der Waals surface area contributed by atoms with Crippen molar-refractivity contribution in [3.63, 3.8) is 0 Å². The number of hydrogen-bond acceptors (Lipinski definition) is 3. The van der Waals surface area contributed by atoms with E-state index >= 15 is 0 Å². The maximum absolute atomic E-state index is 11.6. The lowest BCUT2D eigenvalue weighted by molar-refractivity contribution is -0.122. The van der Waals surface area contributed by atoms with Crippen LogP contribution in [-0.2, 0) is 14.8 Å². The summed E-state index contributed by atoms with van der Waals surface area (Å²) in [5, 5.41) is 2.83. The Labute approximate surface area is 97.2 Å². The Morgan fingerprint density at radius 2 is 2.06 bits per heavy atom. The van der Waals surface area contributed by atoms with Crippen molar-refractivity contribution in [2.45, 2.75) is 39.2 Å². The second-order valence-corrected chi connectivity index (χ2v) is 6.88. The maximum atomic E-state index is 11.6. The number of nitrogens with zero attached hydrogens (tertiary/aromatic N) is 1. The molecule has 0 unspecified atom stereocenters. The smallest absolute Gasteiger partial charge is 0.235 e. The van der Waals surface area contributed by atoms with Gasteiger partial charge in [0.05, 0.1) is 12.3 Å². The molecule has 1 fully saturated rings. The molecule has 0 saturated carbocycles. The summed E-state index contributed by atoms with van der Waals surface area (Å²) in [6.45, 7) is 6.23. The number of sulfonamides is 1. The standard InChI is InChI=1S/C10H20N2O3S/c1-4-10(2,3)11-9(13)8-12-6-5-7-16(12,14)15/h4-8H2,1-3H3,(H,11,13). The van der Waals surface area contributed by atoms with E-state index in [0.29, 0.717) is 13.0 Å². The van der Waals surface area contributed by atoms with E-state index in [1.54, 1.807) is 0 Å². The molecule has 0 spiro atoms. The third-order valence-electron chi connectivity index (χ3n) is 2.88. The lowest BCUT2D eigenvalue weighted by Crippen LogP contribution is -2.47. The minimum atomic E-state index is -3.17. The van der Waals surface area contributed by atoms with Crippen molar-refractivity contribution in [2.75, 3.05) is 18.8 Å². The highest BCUT2D eigenvalue weighted by Gasteiger charge is 2.30. The Balaban J connectivity index is 2.53. The predicted molar refractivity (Wildman–Crippen MR) is 62.5 cm³/mol. The van der Waals surface area contributed by atoms with Gasteiger partial charge in [0, 0.05) is 12.1 Å². The van der Waals surface area contributed by atoms with Gasteiger partial charge >= 0.3 is 0 Å². The zero-order valence-electron chi connectivity index (χ0n) is 10.1. The summed E-state index contributed by atoms with van der Waals surface area (Å²) in [5.41, 5.74) is -0.277. The normalized spacial score (nSPS) is 20.9. The van der Waals surface area contributed by atoms with Crippen LogP contribution in [0.4, 0.5) is 0 Å². The average molecular weight is 248 g/mol. The van der Waals surface area contributed by atoms with Crippen molar-refractivity contribution in [2.24, 2.45) is 0 Å². The van der Waals surface area contributed by atoms with Gasteiger partial charge in [-0.3, -0.25) is 4.79 Å². The number of carbonyl (C=O) groups is 1. The molecule has 0 radical (unpaired) electrons. The van der Waals surface area contributed by atoms with E-state index in [2.05, 4.69) is 5.32 Å². The zero-order chi connectivity index (χ0) is 12.4. The second-order valence-electron chi connectivity index (χ2n) is 4.79. The van der Waals surface area contributed by atoms with Crippen LogP contribution in [0.15, 0.2) is 0 Å². The summed E-state index contributed by atoms with van der Waals surface area (Å²) >= 11 is 0. The van der Waals surface area contributed by atoms with E-state index in [4.69, 9.17) is 0 Å². The molecule has 5 nitrogen and oxygen atoms in total. The monoisotopic (exact) mass is 248 g/mol. The number of amides is 1. The highest BCUT2D eigenvalue weighted by Crippen LogP contribution is 2.13. The highest BCUT2D eigenvalue weighted by atomic mass is 32.2. The van der Waals surface area contributed by atoms with Crippen LogP contribution < -0.4 is 5.32 Å². The average Bonchev–Trinajstić information content (AvgIpc) is 2.45. The summed E-state index contributed by atoms with van der Waals surface area (Å²) in [7, 11) is -3.17. The molecule has 0 aromatic carbocycles. The van der Waals surface area contributed by atoms with Crippen molar-refractivity contribution in [1.82, 2.24) is 9.62 Å². The van der Waals surface area contributed by atoms with E-state index in [0.717, 1.165) is 6.42 Å². The molecule has 1 aliphatic heterocycles. The summed E-state index contributed by atoms with van der Waals surface area (Å²) in [4.78, 5) is 11.6. The van der Waals surface area contributed by atoms with Crippen LogP contribution in [0.25, 0.3) is 0 Å². The highest BCUT2D eigenvalue weighted by molar-refractivity contribution is 7.89. The Hall–Kier alpha value is -0.620. The molecule has 16 heavy (non-hydrogen) atoms. The number of carbonyl (C=O) groups excluding carboxylic acids is 1. The van der Waals surface area contributed by atoms with Gasteiger partial charge in [0.25, 0.3) is 0 Å². The molecule has 1 aliphatic rings. The van der Waals surface area contributed by atoms with Gasteiger partial charge in [-0.2, -0.15) is 4.31 Å². The van der Waals surface area contributed by atoms with Gasteiger partial charge in [-0.1, -0.05) is 6.92 Å². The minimum absolute atomic E-state index is 0.0498. The molecular formula is C10H20N2O3S. The number of hydrogen-bond donors (Lipinski definition) is 1. The predicted octanol–water partition coefficient (Wildman–Crippen LogP) is 0.327. The fourth-order valence-electron chi connectivity index (χ4n) is 1.53. The minimum Gasteiger partial charge on any atom is -0.350 e. The zero-order valence-corrected chi connectivity index (χ0v) is 10.9.